The molecule has 300 valence electrons. The summed E-state index contributed by atoms with van der Waals surface area (Å²) in [6.45, 7) is 6.17. The van der Waals surface area contributed by atoms with Crippen molar-refractivity contribution in [1.29, 1.82) is 5.26 Å². The Bertz CT molecular complexity index is 2430. The number of halogens is 8. The first kappa shape index (κ1) is 40.9. The molecule has 0 saturated carbocycles. The van der Waals surface area contributed by atoms with E-state index in [0.717, 1.165) is 37.4 Å². The Labute approximate surface area is 324 Å². The van der Waals surface area contributed by atoms with Crippen LogP contribution >= 0.6 is 11.3 Å². The number of nitriles is 1. The van der Waals surface area contributed by atoms with Gasteiger partial charge in [-0.3, -0.25) is 4.90 Å². The lowest BCUT2D eigenvalue weighted by Gasteiger charge is -2.24. The Kier molecular flexibility index (Phi) is 11.8. The molecule has 0 spiro atoms. The molecule has 5 aromatic rings. The summed E-state index contributed by atoms with van der Waals surface area (Å²) in [4.78, 5) is 15.6. The van der Waals surface area contributed by atoms with E-state index in [1.54, 1.807) is 12.1 Å². The third-order valence-electron chi connectivity index (χ3n) is 9.54. The number of thiophene rings is 1. The van der Waals surface area contributed by atoms with Crippen LogP contribution in [0.4, 0.5) is 51.8 Å². The second-order valence-electron chi connectivity index (χ2n) is 13.1. The van der Waals surface area contributed by atoms with Gasteiger partial charge in [-0.2, -0.15) is 37.2 Å². The normalized spacial score (nSPS) is 16.2. The van der Waals surface area contributed by atoms with Crippen LogP contribution in [0, 0.1) is 28.8 Å². The third-order valence-corrected chi connectivity index (χ3v) is 10.6. The summed E-state index contributed by atoms with van der Waals surface area (Å²) in [6.07, 6.45) is -1.11. The van der Waals surface area contributed by atoms with E-state index in [9.17, 15) is 36.0 Å². The molecule has 19 heteroatoms. The lowest BCUT2D eigenvalue weighted by Crippen LogP contribution is -2.28. The summed E-state index contributed by atoms with van der Waals surface area (Å²) in [6, 6.07) is 4.73. The summed E-state index contributed by atoms with van der Waals surface area (Å²) in [5, 5.41) is 8.84. The third kappa shape index (κ3) is 7.83. The minimum Gasteiger partial charge on any atom is -0.490 e. The van der Waals surface area contributed by atoms with Gasteiger partial charge in [0, 0.05) is 41.2 Å². The highest BCUT2D eigenvalue weighted by Crippen LogP contribution is 2.53. The molecule has 0 bridgehead atoms. The van der Waals surface area contributed by atoms with Crippen LogP contribution in [0.15, 0.2) is 48.7 Å². The standard InChI is InChI=1S/C27H17F6N7O2S.C8H11F2N.C3H6/c1-41-26-38-20-17-21(42-5-4-40(25(17)39-26)9-10-6-11(28)8-37-23(10)35)18(27(31,32)33)16(19(20)30)12-2-3-14(29)22-15(12)13(7-34)24(36)43-22;9-8(10)6-4-7-2-1-3-11(7)5-6;1-3-2/h2-3,6,8H,4-5,9,36H2,1H3,(H2,35,37);7H,1-5H2;3H,1H2,2H3. The van der Waals surface area contributed by atoms with E-state index in [1.165, 1.54) is 18.4 Å². The lowest BCUT2D eigenvalue weighted by atomic mass is 9.91. The molecule has 2 fully saturated rings. The number of anilines is 3. The number of hydrogen-bond acceptors (Lipinski definition) is 11. The van der Waals surface area contributed by atoms with Crippen LogP contribution in [0.5, 0.6) is 11.8 Å². The number of pyridine rings is 1. The van der Waals surface area contributed by atoms with Crippen molar-refractivity contribution in [3.8, 4) is 29.0 Å². The fourth-order valence-electron chi connectivity index (χ4n) is 7.17. The van der Waals surface area contributed by atoms with E-state index in [-0.39, 0.29) is 57.5 Å². The molecule has 2 saturated heterocycles. The van der Waals surface area contributed by atoms with E-state index in [1.807, 2.05) is 6.92 Å². The predicted octanol–water partition coefficient (Wildman–Crippen LogP) is 8.98. The molecule has 1 unspecified atom stereocenters. The van der Waals surface area contributed by atoms with E-state index in [4.69, 9.17) is 20.9 Å². The number of allylic oxidation sites excluding steroid dienone is 1. The minimum absolute atomic E-state index is 0.0368. The SMILES string of the molecule is C=CC.COc1nc2c3c(c(C(F)(F)F)c(-c4ccc(F)c5sc(N)c(C#N)c45)c(F)c3n1)OCCN2Cc1cc(F)cnc1N.FC(F)=C1CC2CCCN2C1. The van der Waals surface area contributed by atoms with Crippen LogP contribution in [-0.2, 0) is 12.7 Å². The zero-order valence-electron chi connectivity index (χ0n) is 30.4. The Morgan fingerprint density at radius 1 is 1.16 bits per heavy atom. The van der Waals surface area contributed by atoms with E-state index < -0.39 is 69.1 Å². The summed E-state index contributed by atoms with van der Waals surface area (Å²) >= 11 is 0.649. The summed E-state index contributed by atoms with van der Waals surface area (Å²) in [5.74, 6) is -4.03. The van der Waals surface area contributed by atoms with Crippen LogP contribution in [0.25, 0.3) is 32.1 Å². The van der Waals surface area contributed by atoms with Crippen molar-refractivity contribution in [1.82, 2.24) is 19.9 Å². The number of benzene rings is 2. The molecule has 0 aliphatic carbocycles. The van der Waals surface area contributed by atoms with Crippen LogP contribution < -0.4 is 25.8 Å². The Morgan fingerprint density at radius 3 is 2.54 bits per heavy atom. The maximum absolute atomic E-state index is 16.7. The van der Waals surface area contributed by atoms with Crippen molar-refractivity contribution in [3.05, 3.63) is 82.8 Å². The van der Waals surface area contributed by atoms with Gasteiger partial charge in [0.05, 0.1) is 35.5 Å². The quantitative estimate of drug-likeness (QED) is 0.133. The summed E-state index contributed by atoms with van der Waals surface area (Å²) in [5.41, 5.74) is 8.46. The van der Waals surface area contributed by atoms with Crippen molar-refractivity contribution < 1.29 is 44.6 Å². The Balaban J connectivity index is 0.000000330. The van der Waals surface area contributed by atoms with Gasteiger partial charge in [0.2, 0.25) is 0 Å². The number of nitrogens with zero attached hydrogens (tertiary/aromatic N) is 6. The molecule has 8 rings (SSSR count). The molecule has 3 aliphatic rings. The average molecular weight is 819 g/mol. The number of alkyl halides is 3. The molecule has 0 radical (unpaired) electrons. The topological polar surface area (TPSA) is 139 Å². The van der Waals surface area contributed by atoms with Crippen molar-refractivity contribution in [3.63, 3.8) is 0 Å². The largest absolute Gasteiger partial charge is 0.490 e. The summed E-state index contributed by atoms with van der Waals surface area (Å²) in [7, 11) is 1.18. The number of fused-ring (bicyclic) bond motifs is 2. The van der Waals surface area contributed by atoms with Gasteiger partial charge in [0.25, 0.3) is 6.08 Å². The highest BCUT2D eigenvalue weighted by atomic mass is 32.1. The van der Waals surface area contributed by atoms with Gasteiger partial charge < -0.3 is 25.8 Å². The van der Waals surface area contributed by atoms with E-state index >= 15 is 4.39 Å². The van der Waals surface area contributed by atoms with Gasteiger partial charge in [-0.25, -0.2) is 18.2 Å². The van der Waals surface area contributed by atoms with Gasteiger partial charge in [0.1, 0.15) is 57.8 Å². The molecule has 10 nitrogen and oxygen atoms in total. The number of rotatable bonds is 4. The Hall–Kier alpha value is -5.74. The second-order valence-corrected chi connectivity index (χ2v) is 14.2. The zero-order valence-corrected chi connectivity index (χ0v) is 31.2. The highest BCUT2D eigenvalue weighted by molar-refractivity contribution is 7.23. The fourth-order valence-corrected chi connectivity index (χ4v) is 8.12. The number of nitrogens with two attached hydrogens (primary N) is 2. The van der Waals surface area contributed by atoms with Crippen LogP contribution in [0.3, 0.4) is 0 Å². The number of methoxy groups -OCH3 is 1. The number of hydrogen-bond donors (Lipinski definition) is 2. The van der Waals surface area contributed by atoms with Crippen LogP contribution in [-0.4, -0.2) is 59.2 Å². The van der Waals surface area contributed by atoms with E-state index in [0.29, 0.717) is 35.9 Å². The molecular weight excluding hydrogens is 785 g/mol. The molecule has 3 aliphatic heterocycles. The predicted molar refractivity (Wildman–Crippen MR) is 200 cm³/mol. The lowest BCUT2D eigenvalue weighted by molar-refractivity contribution is -0.138. The van der Waals surface area contributed by atoms with Crippen molar-refractivity contribution >= 4 is 49.0 Å². The molecule has 1 atom stereocenters. The van der Waals surface area contributed by atoms with Gasteiger partial charge in [-0.15, -0.1) is 17.9 Å². The number of aromatic nitrogens is 3. The van der Waals surface area contributed by atoms with Crippen LogP contribution in [0.2, 0.25) is 0 Å². The molecule has 6 heterocycles. The molecule has 2 aromatic carbocycles. The first-order valence-electron chi connectivity index (χ1n) is 17.3. The van der Waals surface area contributed by atoms with Crippen molar-refractivity contribution in [2.24, 2.45) is 0 Å². The summed E-state index contributed by atoms with van der Waals surface area (Å²) < 4.78 is 125. The number of nitrogen functional groups attached to an aromatic ring is 2. The Morgan fingerprint density at radius 2 is 1.89 bits per heavy atom. The molecule has 3 aromatic heterocycles. The maximum atomic E-state index is 16.7. The molecule has 57 heavy (non-hydrogen) atoms. The van der Waals surface area contributed by atoms with Gasteiger partial charge >= 0.3 is 12.2 Å². The maximum Gasteiger partial charge on any atom is 0.420 e. The van der Waals surface area contributed by atoms with Crippen molar-refractivity contribution in [2.75, 3.05) is 49.7 Å². The average Bonchev–Trinajstić information content (AvgIpc) is 3.84. The minimum atomic E-state index is -5.22. The number of ether oxygens (including phenoxy) is 2. The molecular formula is C38H34F8N8O2S. The first-order valence-corrected chi connectivity index (χ1v) is 18.2. The van der Waals surface area contributed by atoms with Gasteiger partial charge in [0.15, 0.2) is 5.82 Å². The second kappa shape index (κ2) is 16.4. The fraction of sp³-hybridized carbons (Fsp3) is 0.316. The van der Waals surface area contributed by atoms with E-state index in [2.05, 4.69) is 26.4 Å². The smallest absolute Gasteiger partial charge is 0.420 e. The first-order chi connectivity index (χ1) is 27.1. The van der Waals surface area contributed by atoms with Gasteiger partial charge in [-0.05, 0) is 50.4 Å². The van der Waals surface area contributed by atoms with Gasteiger partial charge in [-0.1, -0.05) is 12.1 Å². The highest BCUT2D eigenvalue weighted by Gasteiger charge is 2.44. The monoisotopic (exact) mass is 818 g/mol. The molecule has 0 amide bonds. The zero-order chi connectivity index (χ0) is 41.3. The molecule has 4 N–H and O–H groups in total. The van der Waals surface area contributed by atoms with Crippen molar-refractivity contribution in [2.45, 2.75) is 44.9 Å². The van der Waals surface area contributed by atoms with Crippen LogP contribution in [0.1, 0.15) is 42.9 Å².